The summed E-state index contributed by atoms with van der Waals surface area (Å²) in [4.78, 5) is 0. The van der Waals surface area contributed by atoms with Crippen molar-refractivity contribution in [2.45, 2.75) is 32.1 Å². The molecule has 0 amide bonds. The van der Waals surface area contributed by atoms with Crippen LogP contribution in [0, 0.1) is 0 Å². The number of ether oxygens (including phenoxy) is 1. The number of halogens is 3. The standard InChI is InChI=1S/C13H18F3NO/c1-10(7-8-18-2)17-9-11-5-3-4-6-12(11)13(14,15)16/h3-6,10,17H,7-9H2,1-2H3. The van der Waals surface area contributed by atoms with Gasteiger partial charge in [-0.1, -0.05) is 18.2 Å². The fraction of sp³-hybridized carbons (Fsp3) is 0.538. The SMILES string of the molecule is COCCC(C)NCc1ccccc1C(F)(F)F. The van der Waals surface area contributed by atoms with E-state index in [1.54, 1.807) is 13.2 Å². The molecule has 0 aliphatic heterocycles. The molecule has 0 fully saturated rings. The Hall–Kier alpha value is -1.07. The summed E-state index contributed by atoms with van der Waals surface area (Å²) in [7, 11) is 1.60. The van der Waals surface area contributed by atoms with Gasteiger partial charge in [0.25, 0.3) is 0 Å². The number of benzene rings is 1. The van der Waals surface area contributed by atoms with Gasteiger partial charge in [0.15, 0.2) is 0 Å². The van der Waals surface area contributed by atoms with Crippen LogP contribution in [0.1, 0.15) is 24.5 Å². The Morgan fingerprint density at radius 2 is 1.94 bits per heavy atom. The second-order valence-electron chi connectivity index (χ2n) is 4.22. The summed E-state index contributed by atoms with van der Waals surface area (Å²) in [6, 6.07) is 5.74. The maximum Gasteiger partial charge on any atom is 0.416 e. The summed E-state index contributed by atoms with van der Waals surface area (Å²) in [6.07, 6.45) is -3.53. The van der Waals surface area contributed by atoms with Crippen molar-refractivity contribution in [2.24, 2.45) is 0 Å². The lowest BCUT2D eigenvalue weighted by atomic mass is 10.1. The lowest BCUT2D eigenvalue weighted by Crippen LogP contribution is -2.27. The monoisotopic (exact) mass is 261 g/mol. The number of nitrogens with one attached hydrogen (secondary N) is 1. The third-order valence-electron chi connectivity index (χ3n) is 2.72. The van der Waals surface area contributed by atoms with E-state index in [0.717, 1.165) is 12.5 Å². The first-order valence-electron chi connectivity index (χ1n) is 5.82. The molecule has 0 aliphatic carbocycles. The zero-order valence-corrected chi connectivity index (χ0v) is 10.6. The van der Waals surface area contributed by atoms with Crippen molar-refractivity contribution in [3.8, 4) is 0 Å². The summed E-state index contributed by atoms with van der Waals surface area (Å²) in [5, 5.41) is 3.07. The van der Waals surface area contributed by atoms with E-state index < -0.39 is 11.7 Å². The summed E-state index contributed by atoms with van der Waals surface area (Å²) >= 11 is 0. The predicted molar refractivity (Wildman–Crippen MR) is 64.2 cm³/mol. The lowest BCUT2D eigenvalue weighted by molar-refractivity contribution is -0.138. The molecule has 0 heterocycles. The van der Waals surface area contributed by atoms with Crippen LogP contribution in [0.4, 0.5) is 13.2 Å². The number of alkyl halides is 3. The minimum Gasteiger partial charge on any atom is -0.385 e. The summed E-state index contributed by atoms with van der Waals surface area (Å²) < 4.78 is 43.1. The van der Waals surface area contributed by atoms with Crippen LogP contribution in [0.2, 0.25) is 0 Å². The van der Waals surface area contributed by atoms with Crippen molar-refractivity contribution in [2.75, 3.05) is 13.7 Å². The molecule has 0 saturated heterocycles. The Morgan fingerprint density at radius 3 is 2.56 bits per heavy atom. The average molecular weight is 261 g/mol. The van der Waals surface area contributed by atoms with Crippen LogP contribution in [0.3, 0.4) is 0 Å². The van der Waals surface area contributed by atoms with Gasteiger partial charge in [-0.2, -0.15) is 13.2 Å². The molecule has 0 saturated carbocycles. The molecule has 102 valence electrons. The maximum atomic E-state index is 12.7. The first-order chi connectivity index (χ1) is 8.45. The van der Waals surface area contributed by atoms with E-state index in [9.17, 15) is 13.2 Å². The van der Waals surface area contributed by atoms with Crippen molar-refractivity contribution in [3.63, 3.8) is 0 Å². The molecule has 0 spiro atoms. The summed E-state index contributed by atoms with van der Waals surface area (Å²) in [5.74, 6) is 0. The van der Waals surface area contributed by atoms with Crippen LogP contribution in [0.25, 0.3) is 0 Å². The van der Waals surface area contributed by atoms with Gasteiger partial charge in [-0.25, -0.2) is 0 Å². The van der Waals surface area contributed by atoms with Crippen molar-refractivity contribution in [1.29, 1.82) is 0 Å². The van der Waals surface area contributed by atoms with Crippen LogP contribution in [-0.2, 0) is 17.5 Å². The molecule has 1 aromatic rings. The number of rotatable bonds is 6. The molecule has 0 radical (unpaired) electrons. The maximum absolute atomic E-state index is 12.7. The number of hydrogen-bond acceptors (Lipinski definition) is 2. The molecule has 1 N–H and O–H groups in total. The predicted octanol–water partition coefficient (Wildman–Crippen LogP) is 3.22. The van der Waals surface area contributed by atoms with Gasteiger partial charge in [0.2, 0.25) is 0 Å². The zero-order valence-electron chi connectivity index (χ0n) is 10.6. The highest BCUT2D eigenvalue weighted by atomic mass is 19.4. The molecule has 1 unspecified atom stereocenters. The molecule has 0 bridgehead atoms. The molecule has 5 heteroatoms. The van der Waals surface area contributed by atoms with Crippen molar-refractivity contribution in [1.82, 2.24) is 5.32 Å². The van der Waals surface area contributed by atoms with Crippen LogP contribution >= 0.6 is 0 Å². The van der Waals surface area contributed by atoms with Crippen molar-refractivity contribution < 1.29 is 17.9 Å². The van der Waals surface area contributed by atoms with Gasteiger partial charge in [-0.05, 0) is 25.0 Å². The normalized spacial score (nSPS) is 13.6. The van der Waals surface area contributed by atoms with E-state index in [-0.39, 0.29) is 18.2 Å². The fourth-order valence-electron chi connectivity index (χ4n) is 1.63. The van der Waals surface area contributed by atoms with E-state index in [1.807, 2.05) is 6.92 Å². The molecule has 1 rings (SSSR count). The Morgan fingerprint density at radius 1 is 1.28 bits per heavy atom. The first-order valence-corrected chi connectivity index (χ1v) is 5.82. The van der Waals surface area contributed by atoms with E-state index >= 15 is 0 Å². The van der Waals surface area contributed by atoms with E-state index in [2.05, 4.69) is 5.32 Å². The smallest absolute Gasteiger partial charge is 0.385 e. The van der Waals surface area contributed by atoms with Gasteiger partial charge < -0.3 is 10.1 Å². The first kappa shape index (κ1) is 15.0. The third-order valence-corrected chi connectivity index (χ3v) is 2.72. The van der Waals surface area contributed by atoms with E-state index in [0.29, 0.717) is 6.61 Å². The Balaban J connectivity index is 2.62. The summed E-state index contributed by atoms with van der Waals surface area (Å²) in [5.41, 5.74) is -0.300. The zero-order chi connectivity index (χ0) is 13.6. The molecule has 1 aromatic carbocycles. The number of methoxy groups -OCH3 is 1. The average Bonchev–Trinajstić information content (AvgIpc) is 2.33. The van der Waals surface area contributed by atoms with Gasteiger partial charge >= 0.3 is 6.18 Å². The third kappa shape index (κ3) is 4.66. The van der Waals surface area contributed by atoms with Crippen LogP contribution < -0.4 is 5.32 Å². The number of hydrogen-bond donors (Lipinski definition) is 1. The Kier molecular flexibility index (Phi) is 5.62. The van der Waals surface area contributed by atoms with Crippen LogP contribution in [-0.4, -0.2) is 19.8 Å². The van der Waals surface area contributed by atoms with Gasteiger partial charge in [-0.3, -0.25) is 0 Å². The largest absolute Gasteiger partial charge is 0.416 e. The van der Waals surface area contributed by atoms with E-state index in [1.165, 1.54) is 12.1 Å². The summed E-state index contributed by atoms with van der Waals surface area (Å²) in [6.45, 7) is 2.73. The van der Waals surface area contributed by atoms with Crippen molar-refractivity contribution in [3.05, 3.63) is 35.4 Å². The molecule has 2 nitrogen and oxygen atoms in total. The van der Waals surface area contributed by atoms with Crippen LogP contribution in [0.15, 0.2) is 24.3 Å². The van der Waals surface area contributed by atoms with Crippen LogP contribution in [0.5, 0.6) is 0 Å². The van der Waals surface area contributed by atoms with Crippen molar-refractivity contribution >= 4 is 0 Å². The second-order valence-corrected chi connectivity index (χ2v) is 4.22. The Labute approximate surface area is 105 Å². The molecule has 0 aliphatic rings. The molecular formula is C13H18F3NO. The molecular weight excluding hydrogens is 243 g/mol. The van der Waals surface area contributed by atoms with E-state index in [4.69, 9.17) is 4.74 Å². The highest BCUT2D eigenvalue weighted by Crippen LogP contribution is 2.31. The molecule has 0 aromatic heterocycles. The molecule has 18 heavy (non-hydrogen) atoms. The topological polar surface area (TPSA) is 21.3 Å². The van der Waals surface area contributed by atoms with Gasteiger partial charge in [0.05, 0.1) is 5.56 Å². The van der Waals surface area contributed by atoms with Gasteiger partial charge in [0, 0.05) is 26.3 Å². The minimum absolute atomic E-state index is 0.117. The quantitative estimate of drug-likeness (QED) is 0.849. The van der Waals surface area contributed by atoms with Gasteiger partial charge in [0.1, 0.15) is 0 Å². The van der Waals surface area contributed by atoms with Gasteiger partial charge in [-0.15, -0.1) is 0 Å². The Bertz CT molecular complexity index is 365. The highest BCUT2D eigenvalue weighted by Gasteiger charge is 2.32. The lowest BCUT2D eigenvalue weighted by Gasteiger charge is -2.16. The second kappa shape index (κ2) is 6.75. The minimum atomic E-state index is -4.30. The highest BCUT2D eigenvalue weighted by molar-refractivity contribution is 5.29. The fourth-order valence-corrected chi connectivity index (χ4v) is 1.63. The molecule has 1 atom stereocenters.